The summed E-state index contributed by atoms with van der Waals surface area (Å²) < 4.78 is 18.0. The van der Waals surface area contributed by atoms with E-state index in [0.717, 1.165) is 11.3 Å². The van der Waals surface area contributed by atoms with Gasteiger partial charge in [-0.1, -0.05) is 31.5 Å². The van der Waals surface area contributed by atoms with Crippen LogP contribution in [-0.4, -0.2) is 27.5 Å². The van der Waals surface area contributed by atoms with E-state index in [0.29, 0.717) is 18.4 Å². The summed E-state index contributed by atoms with van der Waals surface area (Å²) in [4.78, 5) is 5.49. The molecule has 0 saturated carbocycles. The van der Waals surface area contributed by atoms with Crippen LogP contribution in [0.5, 0.6) is 0 Å². The Kier molecular flexibility index (Phi) is 4.87. The summed E-state index contributed by atoms with van der Waals surface area (Å²) in [5.74, 6) is 1.22. The average molecular weight is 307 g/mol. The van der Waals surface area contributed by atoms with Crippen molar-refractivity contribution in [1.29, 1.82) is 0 Å². The Balaban J connectivity index is 2.17. The number of rotatable bonds is 5. The van der Waals surface area contributed by atoms with Gasteiger partial charge in [-0.25, -0.2) is 4.99 Å². The number of aliphatic imine (C=N–C) groups is 1. The maximum atomic E-state index is 12.8. The highest BCUT2D eigenvalue weighted by Gasteiger charge is 2.38. The zero-order chi connectivity index (χ0) is 15.6. The highest BCUT2D eigenvalue weighted by Crippen LogP contribution is 2.27. The molecule has 2 atom stereocenters. The number of hydrogen-bond donors (Lipinski definition) is 0. The number of nitrogens with zero attached hydrogens (tertiary/aromatic N) is 1. The molecule has 0 amide bonds. The Morgan fingerprint density at radius 2 is 1.95 bits per heavy atom. The maximum absolute atomic E-state index is 12.8. The summed E-state index contributed by atoms with van der Waals surface area (Å²) in [5, 5.41) is 0. The lowest BCUT2D eigenvalue weighted by atomic mass is 10.1. The number of ether oxygens (including phenoxy) is 1. The lowest BCUT2D eigenvalue weighted by Gasteiger charge is -2.23. The van der Waals surface area contributed by atoms with Gasteiger partial charge in [0.05, 0.1) is 16.8 Å². The van der Waals surface area contributed by atoms with Gasteiger partial charge in [0.2, 0.25) is 5.90 Å². The minimum absolute atomic E-state index is 0.203. The van der Waals surface area contributed by atoms with Crippen LogP contribution in [0.3, 0.4) is 0 Å². The van der Waals surface area contributed by atoms with E-state index in [2.05, 4.69) is 18.8 Å². The van der Waals surface area contributed by atoms with Gasteiger partial charge in [0.15, 0.2) is 0 Å². The largest absolute Gasteiger partial charge is 0.478 e. The summed E-state index contributed by atoms with van der Waals surface area (Å²) >= 11 is 0. The first kappa shape index (κ1) is 16.2. The maximum Gasteiger partial charge on any atom is 0.202 e. The molecule has 0 spiro atoms. The molecule has 1 heterocycles. The summed E-state index contributed by atoms with van der Waals surface area (Å²) in [6, 6.07) is 8.03. The normalized spacial score (nSPS) is 20.3. The van der Waals surface area contributed by atoms with Crippen molar-refractivity contribution >= 4 is 16.7 Å². The molecule has 0 N–H and O–H groups in total. The SMILES string of the molecule is Cc1ccc(S(=O)C(C)(C)C2=N[C@@H](CC(C)C)CO2)cc1. The fourth-order valence-corrected chi connectivity index (χ4v) is 3.69. The Morgan fingerprint density at radius 3 is 2.52 bits per heavy atom. The zero-order valence-electron chi connectivity index (χ0n) is 13.6. The molecule has 0 aromatic heterocycles. The van der Waals surface area contributed by atoms with Crippen LogP contribution in [0.15, 0.2) is 34.2 Å². The Bertz CT molecular complexity index is 546. The monoisotopic (exact) mass is 307 g/mol. The predicted molar refractivity (Wildman–Crippen MR) is 88.3 cm³/mol. The van der Waals surface area contributed by atoms with Crippen molar-refractivity contribution in [3.05, 3.63) is 29.8 Å². The van der Waals surface area contributed by atoms with Crippen LogP contribution in [0.25, 0.3) is 0 Å². The molecule has 1 aromatic carbocycles. The molecule has 1 unspecified atom stereocenters. The standard InChI is InChI=1S/C17H25NO2S/c1-12(2)10-14-11-20-16(18-14)17(4,5)21(19)15-8-6-13(3)7-9-15/h6-9,12,14H,10-11H2,1-5H3/t14-,21?/m0/s1. The molecule has 0 saturated heterocycles. The molecular weight excluding hydrogens is 282 g/mol. The van der Waals surface area contributed by atoms with E-state index < -0.39 is 15.5 Å². The number of benzene rings is 1. The van der Waals surface area contributed by atoms with Crippen molar-refractivity contribution in [2.75, 3.05) is 6.61 Å². The van der Waals surface area contributed by atoms with Crippen LogP contribution >= 0.6 is 0 Å². The molecule has 0 aliphatic carbocycles. The van der Waals surface area contributed by atoms with Crippen LogP contribution in [-0.2, 0) is 15.5 Å². The summed E-state index contributed by atoms with van der Waals surface area (Å²) in [5.41, 5.74) is 1.17. The van der Waals surface area contributed by atoms with E-state index in [9.17, 15) is 4.21 Å². The molecule has 0 fully saturated rings. The average Bonchev–Trinajstić information content (AvgIpc) is 2.87. The molecule has 1 aliphatic rings. The Labute approximate surface area is 130 Å². The fourth-order valence-electron chi connectivity index (χ4n) is 2.45. The second kappa shape index (κ2) is 6.30. The van der Waals surface area contributed by atoms with Crippen molar-refractivity contribution in [2.45, 2.75) is 56.7 Å². The summed E-state index contributed by atoms with van der Waals surface area (Å²) in [6.07, 6.45) is 1.01. The molecule has 2 rings (SSSR count). The highest BCUT2D eigenvalue weighted by atomic mass is 32.2. The molecule has 21 heavy (non-hydrogen) atoms. The van der Waals surface area contributed by atoms with Gasteiger partial charge >= 0.3 is 0 Å². The van der Waals surface area contributed by atoms with Crippen LogP contribution in [0.2, 0.25) is 0 Å². The van der Waals surface area contributed by atoms with E-state index >= 15 is 0 Å². The third-order valence-electron chi connectivity index (χ3n) is 3.67. The van der Waals surface area contributed by atoms with E-state index in [1.54, 1.807) is 0 Å². The van der Waals surface area contributed by atoms with Gasteiger partial charge in [0.25, 0.3) is 0 Å². The van der Waals surface area contributed by atoms with Gasteiger partial charge in [0, 0.05) is 4.90 Å². The van der Waals surface area contributed by atoms with Crippen LogP contribution < -0.4 is 0 Å². The fraction of sp³-hybridized carbons (Fsp3) is 0.588. The minimum atomic E-state index is -1.18. The second-order valence-electron chi connectivity index (χ2n) is 6.62. The first-order chi connectivity index (χ1) is 9.80. The van der Waals surface area contributed by atoms with Crippen molar-refractivity contribution in [3.63, 3.8) is 0 Å². The Morgan fingerprint density at radius 1 is 1.33 bits per heavy atom. The lowest BCUT2D eigenvalue weighted by Crippen LogP contribution is -2.37. The smallest absolute Gasteiger partial charge is 0.202 e. The second-order valence-corrected chi connectivity index (χ2v) is 8.65. The molecular formula is C17H25NO2S. The van der Waals surface area contributed by atoms with Gasteiger partial charge in [-0.3, -0.25) is 4.21 Å². The minimum Gasteiger partial charge on any atom is -0.478 e. The molecule has 1 aliphatic heterocycles. The van der Waals surface area contributed by atoms with Crippen molar-refractivity contribution in [2.24, 2.45) is 10.9 Å². The number of aryl methyl sites for hydroxylation is 1. The van der Waals surface area contributed by atoms with Gasteiger partial charge in [-0.15, -0.1) is 0 Å². The molecule has 116 valence electrons. The quantitative estimate of drug-likeness (QED) is 0.831. The topological polar surface area (TPSA) is 38.7 Å². The van der Waals surface area contributed by atoms with Gasteiger partial charge in [0.1, 0.15) is 11.4 Å². The van der Waals surface area contributed by atoms with E-state index in [-0.39, 0.29) is 6.04 Å². The first-order valence-corrected chi connectivity index (χ1v) is 8.65. The van der Waals surface area contributed by atoms with Gasteiger partial charge in [-0.2, -0.15) is 0 Å². The summed E-state index contributed by atoms with van der Waals surface area (Å²) in [7, 11) is -1.18. The predicted octanol–water partition coefficient (Wildman–Crippen LogP) is 3.72. The van der Waals surface area contributed by atoms with Crippen LogP contribution in [0, 0.1) is 12.8 Å². The summed E-state index contributed by atoms with van der Waals surface area (Å²) in [6.45, 7) is 10.9. The molecule has 1 aromatic rings. The first-order valence-electron chi connectivity index (χ1n) is 7.50. The molecule has 0 bridgehead atoms. The third kappa shape index (κ3) is 3.73. The number of hydrogen-bond acceptors (Lipinski definition) is 3. The van der Waals surface area contributed by atoms with Gasteiger partial charge < -0.3 is 4.74 Å². The van der Waals surface area contributed by atoms with Crippen LogP contribution in [0.4, 0.5) is 0 Å². The van der Waals surface area contributed by atoms with Crippen LogP contribution in [0.1, 0.15) is 39.7 Å². The third-order valence-corrected chi connectivity index (χ3v) is 5.47. The van der Waals surface area contributed by atoms with Crippen molar-refractivity contribution in [1.82, 2.24) is 0 Å². The highest BCUT2D eigenvalue weighted by molar-refractivity contribution is 7.87. The molecule has 0 radical (unpaired) electrons. The van der Waals surface area contributed by atoms with Crippen molar-refractivity contribution in [3.8, 4) is 0 Å². The van der Waals surface area contributed by atoms with Gasteiger partial charge in [-0.05, 0) is 45.2 Å². The zero-order valence-corrected chi connectivity index (χ0v) is 14.4. The molecule has 4 heteroatoms. The van der Waals surface area contributed by atoms with E-state index in [1.807, 2.05) is 45.0 Å². The molecule has 3 nitrogen and oxygen atoms in total. The Hall–Kier alpha value is -1.16. The van der Waals surface area contributed by atoms with Crippen molar-refractivity contribution < 1.29 is 8.95 Å². The van der Waals surface area contributed by atoms with E-state index in [1.165, 1.54) is 5.56 Å². The van der Waals surface area contributed by atoms with E-state index in [4.69, 9.17) is 4.74 Å². The lowest BCUT2D eigenvalue weighted by molar-refractivity contribution is 0.291.